The molecule has 1 heterocycles. The molecule has 0 aliphatic heterocycles. The lowest BCUT2D eigenvalue weighted by Crippen LogP contribution is -2.44. The van der Waals surface area contributed by atoms with Crippen LogP contribution >= 0.6 is 0 Å². The van der Waals surface area contributed by atoms with Gasteiger partial charge in [0.05, 0.1) is 17.4 Å². The lowest BCUT2D eigenvalue weighted by molar-refractivity contribution is -0.140. The van der Waals surface area contributed by atoms with Crippen molar-refractivity contribution < 1.29 is 32.6 Å². The van der Waals surface area contributed by atoms with Gasteiger partial charge in [0.1, 0.15) is 17.4 Å². The molecule has 4 rings (SSSR count). The third kappa shape index (κ3) is 5.84. The van der Waals surface area contributed by atoms with Crippen LogP contribution in [0.15, 0.2) is 70.0 Å². The number of sulfonamides is 1. The largest absolute Gasteiger partial charge is 0.496 e. The van der Waals surface area contributed by atoms with E-state index in [1.165, 1.54) is 12.1 Å². The molecule has 0 radical (unpaired) electrons. The molecule has 0 bridgehead atoms. The summed E-state index contributed by atoms with van der Waals surface area (Å²) in [6.45, 7) is 7.22. The first-order chi connectivity index (χ1) is 19.0. The number of rotatable bonds is 11. The van der Waals surface area contributed by atoms with Gasteiger partial charge in [0, 0.05) is 11.3 Å². The van der Waals surface area contributed by atoms with Gasteiger partial charge in [0.15, 0.2) is 12.0 Å². The SMILES string of the molecule is CCc1ccc2oc(C(O)Nc3ccc(-c4ccc(S(=O)(=O)N[C@H](C(=O)O)C(C)C)cc4)cc3)c(C)c2c1OC. The van der Waals surface area contributed by atoms with Gasteiger partial charge >= 0.3 is 5.97 Å². The van der Waals surface area contributed by atoms with Gasteiger partial charge < -0.3 is 24.7 Å². The Hall–Kier alpha value is -3.86. The minimum absolute atomic E-state index is 0.0200. The van der Waals surface area contributed by atoms with Gasteiger partial charge in [0.25, 0.3) is 0 Å². The number of hydrogen-bond donors (Lipinski definition) is 4. The molecule has 3 aromatic carbocycles. The van der Waals surface area contributed by atoms with Crippen LogP contribution in [0.4, 0.5) is 5.69 Å². The number of aliphatic carboxylic acids is 1. The molecule has 0 saturated heterocycles. The summed E-state index contributed by atoms with van der Waals surface area (Å²) in [6, 6.07) is 16.1. The van der Waals surface area contributed by atoms with Crippen molar-refractivity contribution in [2.24, 2.45) is 5.92 Å². The van der Waals surface area contributed by atoms with Crippen LogP contribution in [-0.4, -0.2) is 37.8 Å². The fourth-order valence-corrected chi connectivity index (χ4v) is 5.99. The van der Waals surface area contributed by atoms with Gasteiger partial charge in [-0.05, 0) is 66.3 Å². The normalized spacial score (nSPS) is 13.4. The highest BCUT2D eigenvalue weighted by Crippen LogP contribution is 2.38. The summed E-state index contributed by atoms with van der Waals surface area (Å²) in [5, 5.41) is 24.1. The van der Waals surface area contributed by atoms with Crippen molar-refractivity contribution in [3.63, 3.8) is 0 Å². The molecular weight excluding hydrogens is 532 g/mol. The number of benzene rings is 3. The second-order valence-electron chi connectivity index (χ2n) is 9.91. The van der Waals surface area contributed by atoms with Gasteiger partial charge in [-0.2, -0.15) is 4.72 Å². The standard InChI is InChI=1S/C30H34N2O7S/c1-6-19-11-16-24-25(28(19)38-5)18(4)27(39-24)29(33)31-22-12-7-20(8-13-22)21-9-14-23(15-10-21)40(36,37)32-26(17(2)3)30(34)35/h7-17,26,29,31-33H,6H2,1-5H3,(H,34,35)/t26-,29?/m0/s1. The Balaban J connectivity index is 1.49. The molecule has 2 atom stereocenters. The van der Waals surface area contributed by atoms with Crippen LogP contribution in [0.1, 0.15) is 43.9 Å². The first kappa shape index (κ1) is 29.1. The van der Waals surface area contributed by atoms with Crippen LogP contribution in [-0.2, 0) is 21.2 Å². The Bertz CT molecular complexity index is 1610. The van der Waals surface area contributed by atoms with E-state index in [2.05, 4.69) is 17.0 Å². The molecular formula is C30H34N2O7S. The van der Waals surface area contributed by atoms with Gasteiger partial charge in [-0.3, -0.25) is 4.79 Å². The Morgan fingerprint density at radius 1 is 1.00 bits per heavy atom. The van der Waals surface area contributed by atoms with Gasteiger partial charge in [-0.25, -0.2) is 8.42 Å². The van der Waals surface area contributed by atoms with Crippen LogP contribution in [0, 0.1) is 12.8 Å². The Labute approximate surface area is 233 Å². The number of carboxylic acid groups (broad SMARTS) is 1. The van der Waals surface area contributed by atoms with E-state index in [1.54, 1.807) is 45.2 Å². The van der Waals surface area contributed by atoms with Gasteiger partial charge in [0.2, 0.25) is 10.0 Å². The number of aliphatic hydroxyl groups is 1. The second-order valence-corrected chi connectivity index (χ2v) is 11.6. The van der Waals surface area contributed by atoms with Crippen LogP contribution < -0.4 is 14.8 Å². The summed E-state index contributed by atoms with van der Waals surface area (Å²) in [5.41, 5.74) is 4.77. The highest BCUT2D eigenvalue weighted by molar-refractivity contribution is 7.89. The molecule has 0 fully saturated rings. The number of methoxy groups -OCH3 is 1. The molecule has 40 heavy (non-hydrogen) atoms. The highest BCUT2D eigenvalue weighted by atomic mass is 32.2. The molecule has 0 aliphatic carbocycles. The van der Waals surface area contributed by atoms with E-state index in [1.807, 2.05) is 31.2 Å². The summed E-state index contributed by atoms with van der Waals surface area (Å²) in [6.07, 6.45) is -0.282. The third-order valence-electron chi connectivity index (χ3n) is 6.90. The molecule has 0 amide bonds. The van der Waals surface area contributed by atoms with E-state index < -0.39 is 34.2 Å². The van der Waals surface area contributed by atoms with Crippen LogP contribution in [0.5, 0.6) is 5.75 Å². The van der Waals surface area contributed by atoms with E-state index in [0.717, 1.165) is 39.8 Å². The second kappa shape index (κ2) is 11.7. The average molecular weight is 567 g/mol. The summed E-state index contributed by atoms with van der Waals surface area (Å²) in [7, 11) is -2.38. The quantitative estimate of drug-likeness (QED) is 0.175. The number of aryl methyl sites for hydroxylation is 2. The van der Waals surface area contributed by atoms with Crippen molar-refractivity contribution >= 4 is 32.6 Å². The molecule has 0 spiro atoms. The first-order valence-electron chi connectivity index (χ1n) is 13.0. The topological polar surface area (TPSA) is 138 Å². The van der Waals surface area contributed by atoms with Crippen LogP contribution in [0.2, 0.25) is 0 Å². The van der Waals surface area contributed by atoms with Crippen molar-refractivity contribution in [2.45, 2.75) is 51.3 Å². The lowest BCUT2D eigenvalue weighted by atomic mass is 10.0. The van der Waals surface area contributed by atoms with Gasteiger partial charge in [-0.15, -0.1) is 0 Å². The fraction of sp³-hybridized carbons (Fsp3) is 0.300. The number of carbonyl (C=O) groups is 1. The van der Waals surface area contributed by atoms with E-state index in [-0.39, 0.29) is 4.90 Å². The zero-order valence-corrected chi connectivity index (χ0v) is 23.9. The highest BCUT2D eigenvalue weighted by Gasteiger charge is 2.28. The molecule has 4 aromatic rings. The smallest absolute Gasteiger partial charge is 0.322 e. The molecule has 4 N–H and O–H groups in total. The maximum atomic E-state index is 12.7. The minimum Gasteiger partial charge on any atom is -0.496 e. The monoisotopic (exact) mass is 566 g/mol. The van der Waals surface area contributed by atoms with E-state index >= 15 is 0 Å². The predicted molar refractivity (Wildman–Crippen MR) is 154 cm³/mol. The summed E-state index contributed by atoms with van der Waals surface area (Å²) in [4.78, 5) is 11.4. The molecule has 9 nitrogen and oxygen atoms in total. The molecule has 0 saturated carbocycles. The Morgan fingerprint density at radius 3 is 2.12 bits per heavy atom. The molecule has 0 aliphatic rings. The first-order valence-corrected chi connectivity index (χ1v) is 14.4. The zero-order chi connectivity index (χ0) is 29.2. The summed E-state index contributed by atoms with van der Waals surface area (Å²) >= 11 is 0. The lowest BCUT2D eigenvalue weighted by Gasteiger charge is -2.18. The number of anilines is 1. The molecule has 212 valence electrons. The zero-order valence-electron chi connectivity index (χ0n) is 23.1. The summed E-state index contributed by atoms with van der Waals surface area (Å²) in [5.74, 6) is -0.488. The number of ether oxygens (including phenoxy) is 1. The maximum Gasteiger partial charge on any atom is 0.322 e. The number of fused-ring (bicyclic) bond motifs is 1. The minimum atomic E-state index is -4.00. The van der Waals surface area contributed by atoms with E-state index in [0.29, 0.717) is 17.0 Å². The Kier molecular flexibility index (Phi) is 8.53. The van der Waals surface area contributed by atoms with E-state index in [9.17, 15) is 23.4 Å². The number of aliphatic hydroxyl groups excluding tert-OH is 1. The van der Waals surface area contributed by atoms with E-state index in [4.69, 9.17) is 9.15 Å². The fourth-order valence-electron chi connectivity index (χ4n) is 4.65. The number of carboxylic acids is 1. The number of nitrogens with one attached hydrogen (secondary N) is 2. The number of hydrogen-bond acceptors (Lipinski definition) is 7. The summed E-state index contributed by atoms with van der Waals surface area (Å²) < 4.78 is 39.3. The van der Waals surface area contributed by atoms with Crippen molar-refractivity contribution in [3.05, 3.63) is 77.6 Å². The van der Waals surface area contributed by atoms with Crippen LogP contribution in [0.25, 0.3) is 22.1 Å². The average Bonchev–Trinajstić information content (AvgIpc) is 3.27. The predicted octanol–water partition coefficient (Wildman–Crippen LogP) is 5.47. The Morgan fingerprint density at radius 2 is 1.60 bits per heavy atom. The third-order valence-corrected chi connectivity index (χ3v) is 8.36. The molecule has 10 heteroatoms. The molecule has 1 aromatic heterocycles. The van der Waals surface area contributed by atoms with Crippen molar-refractivity contribution in [1.82, 2.24) is 4.72 Å². The van der Waals surface area contributed by atoms with Gasteiger partial charge in [-0.1, -0.05) is 51.1 Å². The van der Waals surface area contributed by atoms with Crippen LogP contribution in [0.3, 0.4) is 0 Å². The van der Waals surface area contributed by atoms with Crippen molar-refractivity contribution in [2.75, 3.05) is 12.4 Å². The maximum absolute atomic E-state index is 12.7. The molecule has 1 unspecified atom stereocenters. The van der Waals surface area contributed by atoms with Crippen molar-refractivity contribution in [3.8, 4) is 16.9 Å². The van der Waals surface area contributed by atoms with Crippen molar-refractivity contribution in [1.29, 1.82) is 0 Å². The number of furan rings is 1.